The highest BCUT2D eigenvalue weighted by Crippen LogP contribution is 2.45. The first kappa shape index (κ1) is 20.6. The maximum absolute atomic E-state index is 13.1. The first-order valence-electron chi connectivity index (χ1n) is 9.72. The van der Waals surface area contributed by atoms with E-state index < -0.39 is 12.0 Å². The second-order valence-electron chi connectivity index (χ2n) is 7.10. The Morgan fingerprint density at radius 1 is 1.38 bits per heavy atom. The fraction of sp³-hybridized carbons (Fsp3) is 0.182. The highest BCUT2D eigenvalue weighted by molar-refractivity contribution is 7.99. The third kappa shape index (κ3) is 3.25. The van der Waals surface area contributed by atoms with Crippen LogP contribution in [0.25, 0.3) is 11.3 Å². The molecule has 0 saturated heterocycles. The van der Waals surface area contributed by atoms with Crippen LogP contribution in [-0.4, -0.2) is 28.5 Å². The van der Waals surface area contributed by atoms with Gasteiger partial charge in [-0.2, -0.15) is 0 Å². The number of halogens is 1. The van der Waals surface area contributed by atoms with Gasteiger partial charge in [0, 0.05) is 23.8 Å². The number of fused-ring (bicyclic) bond motifs is 4. The topological polar surface area (TPSA) is 91.5 Å². The van der Waals surface area contributed by atoms with Gasteiger partial charge in [-0.15, -0.1) is 6.58 Å². The number of aromatic nitrogens is 3. The number of para-hydroxylation sites is 1. The number of hydrogen-bond donors (Lipinski definition) is 0. The van der Waals surface area contributed by atoms with E-state index >= 15 is 0 Å². The van der Waals surface area contributed by atoms with Gasteiger partial charge in [-0.05, 0) is 18.2 Å². The molecule has 3 aromatic rings. The van der Waals surface area contributed by atoms with E-state index in [0.717, 1.165) is 0 Å². The van der Waals surface area contributed by atoms with E-state index in [1.54, 1.807) is 41.3 Å². The lowest BCUT2D eigenvalue weighted by Crippen LogP contribution is -2.58. The van der Waals surface area contributed by atoms with E-state index in [-0.39, 0.29) is 23.6 Å². The summed E-state index contributed by atoms with van der Waals surface area (Å²) in [6.07, 6.45) is 0.879. The van der Waals surface area contributed by atoms with Gasteiger partial charge < -0.3 is 14.6 Å². The molecule has 2 aliphatic rings. The van der Waals surface area contributed by atoms with Crippen LogP contribution in [0.5, 0.6) is 17.4 Å². The third-order valence-electron chi connectivity index (χ3n) is 5.16. The van der Waals surface area contributed by atoms with E-state index in [1.807, 2.05) is 6.07 Å². The number of rotatable bonds is 4. The minimum atomic E-state index is -0.821. The smallest absolute Gasteiger partial charge is 0.294 e. The van der Waals surface area contributed by atoms with E-state index in [4.69, 9.17) is 21.1 Å². The van der Waals surface area contributed by atoms with Crippen molar-refractivity contribution in [3.63, 3.8) is 0 Å². The Morgan fingerprint density at radius 3 is 2.88 bits per heavy atom. The zero-order valence-electron chi connectivity index (χ0n) is 16.9. The molecule has 5 rings (SSSR count). The molecule has 0 N–H and O–H groups in total. The molecule has 0 saturated carbocycles. The summed E-state index contributed by atoms with van der Waals surface area (Å²) < 4.78 is 12.5. The molecule has 1 amide bonds. The Labute approximate surface area is 193 Å². The molecule has 0 spiro atoms. The molecule has 1 aromatic heterocycles. The van der Waals surface area contributed by atoms with E-state index in [1.165, 1.54) is 23.4 Å². The van der Waals surface area contributed by atoms with Gasteiger partial charge in [-0.3, -0.25) is 4.79 Å². The summed E-state index contributed by atoms with van der Waals surface area (Å²) in [4.78, 5) is 18.6. The number of thioether (sulfide) groups is 1. The van der Waals surface area contributed by atoms with Crippen LogP contribution < -0.4 is 24.2 Å². The quantitative estimate of drug-likeness (QED) is 0.330. The molecule has 0 bridgehead atoms. The van der Waals surface area contributed by atoms with Crippen LogP contribution in [0.2, 0.25) is 5.02 Å². The summed E-state index contributed by atoms with van der Waals surface area (Å²) in [6, 6.07) is 10.5. The Kier molecular flexibility index (Phi) is 5.15. The van der Waals surface area contributed by atoms with Gasteiger partial charge >= 0.3 is 0 Å². The van der Waals surface area contributed by atoms with Gasteiger partial charge in [-0.1, -0.05) is 46.3 Å². The molecule has 162 valence electrons. The Balaban J connectivity index is 1.80. The fourth-order valence-electron chi connectivity index (χ4n) is 3.88. The number of ether oxygens (including phenoxy) is 2. The minimum absolute atomic E-state index is 0.0813. The molecule has 2 aromatic carbocycles. The highest BCUT2D eigenvalue weighted by Gasteiger charge is 2.45. The predicted molar refractivity (Wildman–Crippen MR) is 117 cm³/mol. The Hall–Kier alpha value is -3.30. The van der Waals surface area contributed by atoms with Crippen LogP contribution in [0.1, 0.15) is 18.7 Å². The number of benzene rings is 2. The van der Waals surface area contributed by atoms with Crippen molar-refractivity contribution in [2.75, 3.05) is 17.4 Å². The van der Waals surface area contributed by atoms with Crippen LogP contribution in [0.4, 0.5) is 5.69 Å². The molecule has 8 nitrogen and oxygen atoms in total. The molecular weight excluding hydrogens is 452 g/mol. The van der Waals surface area contributed by atoms with Gasteiger partial charge in [0.15, 0.2) is 11.5 Å². The molecule has 0 aliphatic carbocycles. The van der Waals surface area contributed by atoms with Crippen molar-refractivity contribution in [1.82, 2.24) is 10.1 Å². The summed E-state index contributed by atoms with van der Waals surface area (Å²) in [5.74, 6) is 0.877. The monoisotopic (exact) mass is 468 g/mol. The van der Waals surface area contributed by atoms with Crippen molar-refractivity contribution in [3.8, 4) is 28.6 Å². The number of carbonyl (C=O) groups is 1. The SMILES string of the molecule is C=CCSc1nc([O-])c2[n+](n1)C(c1cc3c(cc1Cl)OCO3)N(C(C)=O)c1ccccc1-2. The number of amides is 1. The summed E-state index contributed by atoms with van der Waals surface area (Å²) in [5.41, 5.74) is 1.97. The fourth-order valence-corrected chi connectivity index (χ4v) is 4.69. The third-order valence-corrected chi connectivity index (χ3v) is 6.32. The van der Waals surface area contributed by atoms with Crippen molar-refractivity contribution in [1.29, 1.82) is 0 Å². The summed E-state index contributed by atoms with van der Waals surface area (Å²) in [6.45, 7) is 5.24. The number of hydrogen-bond acceptors (Lipinski definition) is 7. The molecule has 3 heterocycles. The molecule has 0 fully saturated rings. The number of carbonyl (C=O) groups excluding carboxylic acids is 1. The highest BCUT2D eigenvalue weighted by atomic mass is 35.5. The largest absolute Gasteiger partial charge is 0.854 e. The van der Waals surface area contributed by atoms with Crippen LogP contribution in [0, 0.1) is 0 Å². The number of anilines is 1. The Bertz CT molecular complexity index is 1270. The first-order valence-corrected chi connectivity index (χ1v) is 11.1. The average molecular weight is 469 g/mol. The second kappa shape index (κ2) is 7.99. The zero-order valence-corrected chi connectivity index (χ0v) is 18.5. The molecule has 2 aliphatic heterocycles. The van der Waals surface area contributed by atoms with Gasteiger partial charge in [0.25, 0.3) is 17.0 Å². The van der Waals surface area contributed by atoms with Crippen LogP contribution >= 0.6 is 23.4 Å². The van der Waals surface area contributed by atoms with Crippen LogP contribution in [0.15, 0.2) is 54.2 Å². The molecular formula is C22H17ClN4O4S. The van der Waals surface area contributed by atoms with Crippen molar-refractivity contribution >= 4 is 35.0 Å². The van der Waals surface area contributed by atoms with E-state index in [0.29, 0.717) is 39.1 Å². The summed E-state index contributed by atoms with van der Waals surface area (Å²) in [5, 5.41) is 18.4. The van der Waals surface area contributed by atoms with Gasteiger partial charge in [-0.25, -0.2) is 9.88 Å². The summed E-state index contributed by atoms with van der Waals surface area (Å²) >= 11 is 7.92. The minimum Gasteiger partial charge on any atom is -0.854 e. The second-order valence-corrected chi connectivity index (χ2v) is 8.49. The predicted octanol–water partition coefficient (Wildman–Crippen LogP) is 3.08. The molecule has 1 atom stereocenters. The van der Waals surface area contributed by atoms with Crippen molar-refractivity contribution in [3.05, 3.63) is 59.6 Å². The summed E-state index contributed by atoms with van der Waals surface area (Å²) in [7, 11) is 0. The zero-order chi connectivity index (χ0) is 22.4. The lowest BCUT2D eigenvalue weighted by atomic mass is 10.0. The first-order chi connectivity index (χ1) is 15.5. The lowest BCUT2D eigenvalue weighted by Gasteiger charge is -2.33. The van der Waals surface area contributed by atoms with Crippen LogP contribution in [-0.2, 0) is 4.79 Å². The van der Waals surface area contributed by atoms with E-state index in [9.17, 15) is 9.90 Å². The molecule has 32 heavy (non-hydrogen) atoms. The van der Waals surface area contributed by atoms with Crippen LogP contribution in [0.3, 0.4) is 0 Å². The molecule has 0 radical (unpaired) electrons. The van der Waals surface area contributed by atoms with Crippen molar-refractivity contribution in [2.24, 2.45) is 0 Å². The Morgan fingerprint density at radius 2 is 2.12 bits per heavy atom. The molecule has 10 heteroatoms. The standard InChI is InChI=1S/C22H17ClN4O4S/c1-3-8-32-22-24-20(29)19-13-6-4-5-7-16(13)26(12(2)28)21(27(19)25-22)14-9-17-18(10-15(14)23)31-11-30-17/h3-7,9-10,21H,1,8,11H2,2H3. The van der Waals surface area contributed by atoms with Crippen molar-refractivity contribution < 1.29 is 24.1 Å². The maximum atomic E-state index is 13.1. The molecule has 1 unspecified atom stereocenters. The average Bonchev–Trinajstić information content (AvgIpc) is 3.23. The maximum Gasteiger partial charge on any atom is 0.294 e. The normalized spacial score (nSPS) is 15.8. The van der Waals surface area contributed by atoms with Crippen molar-refractivity contribution in [2.45, 2.75) is 18.2 Å². The van der Waals surface area contributed by atoms with Gasteiger partial charge in [0.1, 0.15) is 0 Å². The number of nitrogens with zero attached hydrogens (tertiary/aromatic N) is 4. The van der Waals surface area contributed by atoms with Gasteiger partial charge in [0.05, 0.1) is 27.7 Å². The van der Waals surface area contributed by atoms with E-state index in [2.05, 4.69) is 16.7 Å². The lowest BCUT2D eigenvalue weighted by molar-refractivity contribution is -0.764. The van der Waals surface area contributed by atoms with Gasteiger partial charge in [0.2, 0.25) is 12.7 Å².